The first-order chi connectivity index (χ1) is 13.7. The summed E-state index contributed by atoms with van der Waals surface area (Å²) in [6.45, 7) is 4.69. The number of hydrogen-bond acceptors (Lipinski definition) is 3. The second-order valence-corrected chi connectivity index (χ2v) is 8.36. The number of rotatable bonds is 9. The van der Waals surface area contributed by atoms with Crippen molar-refractivity contribution in [2.45, 2.75) is 63.8 Å². The average Bonchev–Trinajstić information content (AvgIpc) is 2.68. The Labute approximate surface area is 178 Å². The van der Waals surface area contributed by atoms with Gasteiger partial charge >= 0.3 is 6.18 Å². The lowest BCUT2D eigenvalue weighted by atomic mass is 9.91. The van der Waals surface area contributed by atoms with Gasteiger partial charge in [0, 0.05) is 24.8 Å². The maximum absolute atomic E-state index is 12.8. The summed E-state index contributed by atoms with van der Waals surface area (Å²) in [5.74, 6) is 0. The van der Waals surface area contributed by atoms with Crippen molar-refractivity contribution in [1.29, 1.82) is 0 Å². The third-order valence-corrected chi connectivity index (χ3v) is 5.97. The number of benzene rings is 1. The van der Waals surface area contributed by atoms with Crippen molar-refractivity contribution in [3.05, 3.63) is 35.4 Å². The summed E-state index contributed by atoms with van der Waals surface area (Å²) in [7, 11) is 4.16. The number of thiocarbonyl (C=S) groups is 1. The summed E-state index contributed by atoms with van der Waals surface area (Å²) in [6.07, 6.45) is 2.21. The molecule has 1 aromatic carbocycles. The SMILES string of the molecule is CCN(C(=S)c1ccc(C(F)(F)F)cc1)C1CCC(OCCCCN(C)C)CC1. The quantitative estimate of drug-likeness (QED) is 0.386. The molecule has 0 spiro atoms. The third-order valence-electron chi connectivity index (χ3n) is 5.50. The first-order valence-corrected chi connectivity index (χ1v) is 10.9. The molecule has 0 N–H and O–H groups in total. The molecule has 0 aliphatic heterocycles. The van der Waals surface area contributed by atoms with Gasteiger partial charge in [0.1, 0.15) is 4.99 Å². The normalized spacial score (nSPS) is 20.1. The Bertz CT molecular complexity index is 626. The zero-order chi connectivity index (χ0) is 21.4. The molecule has 0 unspecified atom stereocenters. The van der Waals surface area contributed by atoms with Crippen LogP contribution < -0.4 is 0 Å². The van der Waals surface area contributed by atoms with Crippen molar-refractivity contribution in [3.63, 3.8) is 0 Å². The molecule has 0 bridgehead atoms. The van der Waals surface area contributed by atoms with E-state index in [1.165, 1.54) is 12.1 Å². The highest BCUT2D eigenvalue weighted by Crippen LogP contribution is 2.30. The molecule has 164 valence electrons. The van der Waals surface area contributed by atoms with Crippen LogP contribution in [0.2, 0.25) is 0 Å². The van der Waals surface area contributed by atoms with Crippen LogP contribution in [-0.2, 0) is 10.9 Å². The topological polar surface area (TPSA) is 15.7 Å². The minimum absolute atomic E-state index is 0.309. The molecule has 1 saturated carbocycles. The summed E-state index contributed by atoms with van der Waals surface area (Å²) in [5, 5.41) is 0. The number of nitrogens with zero attached hydrogens (tertiary/aromatic N) is 2. The summed E-state index contributed by atoms with van der Waals surface area (Å²) in [6, 6.07) is 5.50. The predicted molar refractivity (Wildman–Crippen MR) is 115 cm³/mol. The molecule has 0 aromatic heterocycles. The van der Waals surface area contributed by atoms with Crippen molar-refractivity contribution < 1.29 is 17.9 Å². The van der Waals surface area contributed by atoms with Crippen molar-refractivity contribution >= 4 is 17.2 Å². The van der Waals surface area contributed by atoms with Gasteiger partial charge in [-0.1, -0.05) is 24.4 Å². The lowest BCUT2D eigenvalue weighted by molar-refractivity contribution is -0.137. The molecule has 7 heteroatoms. The highest BCUT2D eigenvalue weighted by Gasteiger charge is 2.31. The van der Waals surface area contributed by atoms with Crippen LogP contribution in [0.1, 0.15) is 56.6 Å². The minimum atomic E-state index is -4.32. The molecule has 29 heavy (non-hydrogen) atoms. The Morgan fingerprint density at radius 1 is 1.07 bits per heavy atom. The van der Waals surface area contributed by atoms with E-state index in [1.54, 1.807) is 0 Å². The molecule has 0 atom stereocenters. The molecule has 1 fully saturated rings. The van der Waals surface area contributed by atoms with Gasteiger partial charge in [0.15, 0.2) is 0 Å². The van der Waals surface area contributed by atoms with E-state index in [1.807, 2.05) is 6.92 Å². The smallest absolute Gasteiger partial charge is 0.378 e. The molecule has 1 aliphatic rings. The molecule has 0 radical (unpaired) electrons. The van der Waals surface area contributed by atoms with E-state index in [0.29, 0.717) is 22.7 Å². The Morgan fingerprint density at radius 2 is 1.69 bits per heavy atom. The van der Waals surface area contributed by atoms with Crippen LogP contribution in [0.5, 0.6) is 0 Å². The number of unbranched alkanes of at least 4 members (excludes halogenated alkanes) is 1. The Balaban J connectivity index is 1.82. The van der Waals surface area contributed by atoms with Crippen molar-refractivity contribution in [3.8, 4) is 0 Å². The molecular weight excluding hydrogens is 397 g/mol. The minimum Gasteiger partial charge on any atom is -0.378 e. The second kappa shape index (κ2) is 11.3. The highest BCUT2D eigenvalue weighted by molar-refractivity contribution is 7.80. The zero-order valence-electron chi connectivity index (χ0n) is 17.7. The Morgan fingerprint density at radius 3 is 2.21 bits per heavy atom. The maximum atomic E-state index is 12.8. The molecule has 0 amide bonds. The monoisotopic (exact) mass is 430 g/mol. The standard InChI is InChI=1S/C22H33F3N2OS/c1-4-27(21(29)17-7-9-18(10-8-17)22(23,24)25)19-11-13-20(14-12-19)28-16-6-5-15-26(2)3/h7-10,19-20H,4-6,11-16H2,1-3H3. The second-order valence-electron chi connectivity index (χ2n) is 7.98. The van der Waals surface area contributed by atoms with Crippen molar-refractivity contribution in [1.82, 2.24) is 9.80 Å². The molecule has 1 aliphatic carbocycles. The number of hydrogen-bond donors (Lipinski definition) is 0. The van der Waals surface area contributed by atoms with E-state index >= 15 is 0 Å². The third kappa shape index (κ3) is 7.54. The fourth-order valence-electron chi connectivity index (χ4n) is 3.84. The van der Waals surface area contributed by atoms with Gasteiger partial charge in [0.2, 0.25) is 0 Å². The van der Waals surface area contributed by atoms with Crippen LogP contribution in [-0.4, -0.2) is 60.7 Å². The Kier molecular flexibility index (Phi) is 9.37. The van der Waals surface area contributed by atoms with Crippen LogP contribution in [0.15, 0.2) is 24.3 Å². The van der Waals surface area contributed by atoms with Crippen LogP contribution in [0.3, 0.4) is 0 Å². The van der Waals surface area contributed by atoms with Crippen LogP contribution >= 0.6 is 12.2 Å². The van der Waals surface area contributed by atoms with Gasteiger partial charge in [-0.05, 0) is 78.2 Å². The molecule has 3 nitrogen and oxygen atoms in total. The Hall–Kier alpha value is -1.18. The summed E-state index contributed by atoms with van der Waals surface area (Å²) in [5.41, 5.74) is 0.0319. The summed E-state index contributed by atoms with van der Waals surface area (Å²) < 4.78 is 44.4. The van der Waals surface area contributed by atoms with E-state index in [9.17, 15) is 13.2 Å². The van der Waals surface area contributed by atoms with E-state index in [2.05, 4.69) is 23.9 Å². The number of alkyl halides is 3. The predicted octanol–water partition coefficient (Wildman–Crippen LogP) is 5.37. The van der Waals surface area contributed by atoms with Gasteiger partial charge in [-0.25, -0.2) is 0 Å². The van der Waals surface area contributed by atoms with Gasteiger partial charge in [0.05, 0.1) is 11.7 Å². The summed E-state index contributed by atoms with van der Waals surface area (Å²) >= 11 is 5.62. The van der Waals surface area contributed by atoms with E-state index in [4.69, 9.17) is 17.0 Å². The molecule has 2 rings (SSSR count). The average molecular weight is 431 g/mol. The molecular formula is C22H33F3N2OS. The van der Waals surface area contributed by atoms with E-state index in [0.717, 1.165) is 70.4 Å². The van der Waals surface area contributed by atoms with Gasteiger partial charge in [-0.15, -0.1) is 0 Å². The first-order valence-electron chi connectivity index (χ1n) is 10.5. The lowest BCUT2D eigenvalue weighted by Gasteiger charge is -2.38. The van der Waals surface area contributed by atoms with Gasteiger partial charge < -0.3 is 14.5 Å². The fraction of sp³-hybridized carbons (Fsp3) is 0.682. The lowest BCUT2D eigenvalue weighted by Crippen LogP contribution is -2.42. The highest BCUT2D eigenvalue weighted by atomic mass is 32.1. The number of ether oxygens (including phenoxy) is 1. The molecule has 1 aromatic rings. The number of halogens is 3. The first kappa shape index (κ1) is 24.1. The van der Waals surface area contributed by atoms with Crippen molar-refractivity contribution in [2.75, 3.05) is 33.8 Å². The molecule has 0 saturated heterocycles. The van der Waals surface area contributed by atoms with Crippen LogP contribution in [0.25, 0.3) is 0 Å². The van der Waals surface area contributed by atoms with Gasteiger partial charge in [-0.3, -0.25) is 0 Å². The van der Waals surface area contributed by atoms with Gasteiger partial charge in [-0.2, -0.15) is 13.2 Å². The van der Waals surface area contributed by atoms with E-state index in [-0.39, 0.29) is 0 Å². The van der Waals surface area contributed by atoms with Crippen molar-refractivity contribution in [2.24, 2.45) is 0 Å². The van der Waals surface area contributed by atoms with E-state index < -0.39 is 11.7 Å². The maximum Gasteiger partial charge on any atom is 0.416 e. The summed E-state index contributed by atoms with van der Waals surface area (Å²) in [4.78, 5) is 4.98. The van der Waals surface area contributed by atoms with Crippen LogP contribution in [0.4, 0.5) is 13.2 Å². The zero-order valence-corrected chi connectivity index (χ0v) is 18.5. The fourth-order valence-corrected chi connectivity index (χ4v) is 4.25. The van der Waals surface area contributed by atoms with Crippen LogP contribution in [0, 0.1) is 0 Å². The molecule has 0 heterocycles. The largest absolute Gasteiger partial charge is 0.416 e. The van der Waals surface area contributed by atoms with Gasteiger partial charge in [0.25, 0.3) is 0 Å².